The average Bonchev–Trinajstić information content (AvgIpc) is 3.55. The summed E-state index contributed by atoms with van der Waals surface area (Å²) in [4.78, 5) is 37.1. The molecule has 0 saturated heterocycles. The van der Waals surface area contributed by atoms with E-state index in [0.717, 1.165) is 18.4 Å². The molecule has 2 atom stereocenters. The number of esters is 1. The Balaban J connectivity index is 1.59. The van der Waals surface area contributed by atoms with E-state index >= 15 is 0 Å². The van der Waals surface area contributed by atoms with Crippen molar-refractivity contribution in [2.45, 2.75) is 38.0 Å². The average molecular weight is 392 g/mol. The van der Waals surface area contributed by atoms with Crippen molar-refractivity contribution in [2.24, 2.45) is 0 Å². The van der Waals surface area contributed by atoms with E-state index in [0.29, 0.717) is 5.56 Å². The summed E-state index contributed by atoms with van der Waals surface area (Å²) in [6.45, 7) is 1.53. The third-order valence-corrected chi connectivity index (χ3v) is 4.44. The van der Waals surface area contributed by atoms with Gasteiger partial charge in [-0.1, -0.05) is 60.7 Å². The van der Waals surface area contributed by atoms with Crippen LogP contribution in [-0.4, -0.2) is 29.9 Å². The van der Waals surface area contributed by atoms with Crippen LogP contribution in [0.3, 0.4) is 0 Å². The molecule has 0 aromatic heterocycles. The van der Waals surface area contributed by atoms with Gasteiger partial charge in [0.1, 0.15) is 6.04 Å². The van der Waals surface area contributed by atoms with Crippen molar-refractivity contribution in [2.75, 3.05) is 0 Å². The Morgan fingerprint density at radius 1 is 1.00 bits per heavy atom. The molecule has 0 heterocycles. The van der Waals surface area contributed by atoms with Gasteiger partial charge in [0.25, 0.3) is 5.91 Å². The molecule has 2 aromatic carbocycles. The molecular weight excluding hydrogens is 368 g/mol. The van der Waals surface area contributed by atoms with Crippen LogP contribution in [-0.2, 0) is 19.1 Å². The molecule has 150 valence electrons. The predicted octanol–water partition coefficient (Wildman–Crippen LogP) is 2.77. The predicted molar refractivity (Wildman–Crippen MR) is 110 cm³/mol. The Hall–Kier alpha value is -3.41. The molecule has 1 saturated carbocycles. The van der Waals surface area contributed by atoms with Crippen molar-refractivity contribution in [3.05, 3.63) is 77.9 Å². The Morgan fingerprint density at radius 2 is 1.62 bits per heavy atom. The van der Waals surface area contributed by atoms with Crippen molar-refractivity contribution in [3.63, 3.8) is 0 Å². The summed E-state index contributed by atoms with van der Waals surface area (Å²) in [6, 6.07) is 17.4. The lowest BCUT2D eigenvalue weighted by atomic mass is 10.1. The molecule has 6 nitrogen and oxygen atoms in total. The molecule has 3 rings (SSSR count). The van der Waals surface area contributed by atoms with Crippen LogP contribution in [0.1, 0.15) is 37.0 Å². The van der Waals surface area contributed by atoms with Crippen molar-refractivity contribution in [3.8, 4) is 0 Å². The maximum Gasteiger partial charge on any atom is 0.329 e. The highest BCUT2D eigenvalue weighted by Gasteiger charge is 2.32. The zero-order valence-electron chi connectivity index (χ0n) is 16.2. The van der Waals surface area contributed by atoms with Gasteiger partial charge in [0, 0.05) is 17.7 Å². The second-order valence-corrected chi connectivity index (χ2v) is 6.98. The zero-order chi connectivity index (χ0) is 20.6. The van der Waals surface area contributed by atoms with E-state index in [-0.39, 0.29) is 11.9 Å². The van der Waals surface area contributed by atoms with E-state index in [4.69, 9.17) is 4.74 Å². The van der Waals surface area contributed by atoms with Gasteiger partial charge in [0.15, 0.2) is 0 Å². The summed E-state index contributed by atoms with van der Waals surface area (Å²) in [7, 11) is 0. The van der Waals surface area contributed by atoms with Crippen molar-refractivity contribution >= 4 is 23.9 Å². The fourth-order valence-corrected chi connectivity index (χ4v) is 2.68. The summed E-state index contributed by atoms with van der Waals surface area (Å²) in [5.41, 5.74) is 1.46. The first-order chi connectivity index (χ1) is 14.0. The van der Waals surface area contributed by atoms with Crippen LogP contribution < -0.4 is 10.6 Å². The normalized spacial score (nSPS) is 15.3. The van der Waals surface area contributed by atoms with Crippen molar-refractivity contribution in [1.29, 1.82) is 0 Å². The number of amides is 2. The third-order valence-electron chi connectivity index (χ3n) is 4.44. The fourth-order valence-electron chi connectivity index (χ4n) is 2.68. The van der Waals surface area contributed by atoms with E-state index in [1.807, 2.05) is 36.4 Å². The summed E-state index contributed by atoms with van der Waals surface area (Å²) in [6.07, 6.45) is 3.82. The molecule has 0 spiro atoms. The largest absolute Gasteiger partial charge is 0.446 e. The van der Waals surface area contributed by atoms with Crippen LogP contribution in [0.4, 0.5) is 0 Å². The molecule has 0 unspecified atom stereocenters. The molecule has 2 amide bonds. The highest BCUT2D eigenvalue weighted by molar-refractivity contribution is 5.95. The van der Waals surface area contributed by atoms with E-state index in [9.17, 15) is 14.4 Å². The van der Waals surface area contributed by atoms with Gasteiger partial charge in [0.05, 0.1) is 0 Å². The van der Waals surface area contributed by atoms with Crippen LogP contribution in [0.25, 0.3) is 6.08 Å². The van der Waals surface area contributed by atoms with Gasteiger partial charge in [-0.2, -0.15) is 0 Å². The van der Waals surface area contributed by atoms with Gasteiger partial charge >= 0.3 is 5.97 Å². The Bertz CT molecular complexity index is 876. The molecule has 6 heteroatoms. The highest BCUT2D eigenvalue weighted by Crippen LogP contribution is 2.23. The molecule has 0 radical (unpaired) electrons. The number of hydrogen-bond donors (Lipinski definition) is 2. The number of rotatable bonds is 8. The number of carbonyl (C=O) groups excluding carboxylic acids is 3. The molecule has 0 aliphatic heterocycles. The number of nitrogens with one attached hydrogen (secondary N) is 2. The summed E-state index contributed by atoms with van der Waals surface area (Å²) in [5.74, 6) is -1.45. The lowest BCUT2D eigenvalue weighted by Crippen LogP contribution is -2.41. The van der Waals surface area contributed by atoms with Crippen LogP contribution in [0.2, 0.25) is 0 Å². The van der Waals surface area contributed by atoms with Gasteiger partial charge < -0.3 is 15.4 Å². The smallest absolute Gasteiger partial charge is 0.329 e. The number of hydrogen-bond acceptors (Lipinski definition) is 4. The monoisotopic (exact) mass is 392 g/mol. The minimum atomic E-state index is -1.05. The molecule has 2 aromatic rings. The Morgan fingerprint density at radius 3 is 2.24 bits per heavy atom. The Kier molecular flexibility index (Phi) is 6.79. The summed E-state index contributed by atoms with van der Waals surface area (Å²) < 4.78 is 5.46. The number of carbonyl (C=O) groups is 3. The zero-order valence-corrected chi connectivity index (χ0v) is 16.2. The SMILES string of the molecule is C[C@H](NC(=O)/C=C/c1ccccc1)C(=O)O[C@@H](C(=O)NC1CC1)c1ccccc1. The van der Waals surface area contributed by atoms with Crippen LogP contribution in [0, 0.1) is 0 Å². The quantitative estimate of drug-likeness (QED) is 0.534. The van der Waals surface area contributed by atoms with E-state index in [1.165, 1.54) is 13.0 Å². The standard InChI is InChI=1S/C23H24N2O4/c1-16(24-20(26)15-12-17-8-4-2-5-9-17)23(28)29-21(18-10-6-3-7-11-18)22(27)25-19-13-14-19/h2-12,15-16,19,21H,13-14H2,1H3,(H,24,26)(H,25,27)/b15-12+/t16-,21+/m0/s1. The van der Waals surface area contributed by atoms with E-state index in [2.05, 4.69) is 10.6 Å². The lowest BCUT2D eigenvalue weighted by molar-refractivity contribution is -0.158. The minimum Gasteiger partial charge on any atom is -0.446 e. The van der Waals surface area contributed by atoms with E-state index < -0.39 is 24.0 Å². The van der Waals surface area contributed by atoms with E-state index in [1.54, 1.807) is 30.3 Å². The number of ether oxygens (including phenoxy) is 1. The molecule has 1 aliphatic rings. The van der Waals surface area contributed by atoms with Gasteiger partial charge in [-0.3, -0.25) is 9.59 Å². The molecule has 1 aliphatic carbocycles. The maximum atomic E-state index is 12.5. The minimum absolute atomic E-state index is 0.146. The first-order valence-electron chi connectivity index (χ1n) is 9.62. The molecule has 29 heavy (non-hydrogen) atoms. The lowest BCUT2D eigenvalue weighted by Gasteiger charge is -2.20. The van der Waals surface area contributed by atoms with Gasteiger partial charge in [-0.15, -0.1) is 0 Å². The van der Waals surface area contributed by atoms with Gasteiger partial charge in [-0.25, -0.2) is 4.79 Å². The molecule has 0 bridgehead atoms. The summed E-state index contributed by atoms with van der Waals surface area (Å²) >= 11 is 0. The maximum absolute atomic E-state index is 12.5. The van der Waals surface area contributed by atoms with Crippen LogP contribution >= 0.6 is 0 Å². The van der Waals surface area contributed by atoms with Crippen LogP contribution in [0.15, 0.2) is 66.7 Å². The van der Waals surface area contributed by atoms with Crippen LogP contribution in [0.5, 0.6) is 0 Å². The second kappa shape index (κ2) is 9.68. The number of benzene rings is 2. The van der Waals surface area contributed by atoms with Gasteiger partial charge in [0.2, 0.25) is 12.0 Å². The Labute approximate surface area is 170 Å². The first kappa shape index (κ1) is 20.3. The van der Waals surface area contributed by atoms with Crippen molar-refractivity contribution in [1.82, 2.24) is 10.6 Å². The highest BCUT2D eigenvalue weighted by atomic mass is 16.5. The summed E-state index contributed by atoms with van der Waals surface area (Å²) in [5, 5.41) is 5.43. The van der Waals surface area contributed by atoms with Gasteiger partial charge in [-0.05, 0) is 31.4 Å². The molecule has 2 N–H and O–H groups in total. The topological polar surface area (TPSA) is 84.5 Å². The fraction of sp³-hybridized carbons (Fsp3) is 0.261. The first-order valence-corrected chi connectivity index (χ1v) is 9.62. The second-order valence-electron chi connectivity index (χ2n) is 6.98. The molecular formula is C23H24N2O4. The van der Waals surface area contributed by atoms with Crippen molar-refractivity contribution < 1.29 is 19.1 Å². The third kappa shape index (κ3) is 6.31. The molecule has 1 fully saturated rings.